The van der Waals surface area contributed by atoms with Gasteiger partial charge in [0.25, 0.3) is 15.9 Å². The Hall–Kier alpha value is -3.07. The van der Waals surface area contributed by atoms with Crippen LogP contribution in [0.2, 0.25) is 0 Å². The van der Waals surface area contributed by atoms with Crippen molar-refractivity contribution in [3.05, 3.63) is 42.0 Å². The summed E-state index contributed by atoms with van der Waals surface area (Å²) in [5, 5.41) is 2.76. The zero-order valence-corrected chi connectivity index (χ0v) is 17.1. The Morgan fingerprint density at radius 3 is 2.69 bits per heavy atom. The Morgan fingerprint density at radius 1 is 1.17 bits per heavy atom. The van der Waals surface area contributed by atoms with Crippen LogP contribution in [0.4, 0.5) is 11.4 Å². The summed E-state index contributed by atoms with van der Waals surface area (Å²) < 4.78 is 39.6. The summed E-state index contributed by atoms with van der Waals surface area (Å²) in [6.07, 6.45) is 0. The number of ether oxygens (including phenoxy) is 2. The fraction of sp³-hybridized carbons (Fsp3) is 0.300. The van der Waals surface area contributed by atoms with E-state index in [9.17, 15) is 13.2 Å². The van der Waals surface area contributed by atoms with Crippen LogP contribution < -0.4 is 19.7 Å². The van der Waals surface area contributed by atoms with Crippen molar-refractivity contribution < 1.29 is 22.7 Å². The maximum Gasteiger partial charge on any atom is 0.286 e. The van der Waals surface area contributed by atoms with E-state index in [0.717, 1.165) is 0 Å². The number of nitrogens with zero attached hydrogens (tertiary/aromatic N) is 2. The van der Waals surface area contributed by atoms with Crippen molar-refractivity contribution in [2.24, 2.45) is 10.3 Å². The molecule has 2 heterocycles. The number of nitrogens with one attached hydrogen (secondary N) is 1. The molecule has 0 saturated carbocycles. The van der Waals surface area contributed by atoms with Gasteiger partial charge in [-0.05, 0) is 43.2 Å². The zero-order chi connectivity index (χ0) is 20.8. The molecule has 0 bridgehead atoms. The minimum absolute atomic E-state index is 0.0297. The van der Waals surface area contributed by atoms with E-state index in [0.29, 0.717) is 41.2 Å². The second-order valence-electron chi connectivity index (χ2n) is 7.32. The van der Waals surface area contributed by atoms with Crippen LogP contribution in [0.15, 0.2) is 45.7 Å². The zero-order valence-electron chi connectivity index (χ0n) is 16.3. The van der Waals surface area contributed by atoms with Gasteiger partial charge in [0.15, 0.2) is 11.5 Å². The molecular weight excluding hydrogens is 394 g/mol. The first kappa shape index (κ1) is 19.3. The van der Waals surface area contributed by atoms with Gasteiger partial charge in [-0.3, -0.25) is 4.79 Å². The summed E-state index contributed by atoms with van der Waals surface area (Å²) in [4.78, 5) is 14.6. The Morgan fingerprint density at radius 2 is 1.93 bits per heavy atom. The number of fused-ring (bicyclic) bond motifs is 2. The lowest BCUT2D eigenvalue weighted by atomic mass is 10.1. The molecule has 0 fully saturated rings. The summed E-state index contributed by atoms with van der Waals surface area (Å²) in [5.74, 6) is 1.46. The van der Waals surface area contributed by atoms with E-state index in [1.807, 2.05) is 18.7 Å². The maximum atomic E-state index is 12.7. The number of carbonyl (C=O) groups excluding carboxylic acids is 1. The average molecular weight is 415 g/mol. The molecule has 29 heavy (non-hydrogen) atoms. The standard InChI is InChI=1S/C20H21N3O5S/c1-12(2)10-23-13(3)22-29(25,26)19-8-14(4-6-16(19)23)20(24)21-15-5-7-17-18(9-15)28-11-27-17/h4-9,12H,10-11H2,1-3H3,(H,21,24). The predicted molar refractivity (Wildman–Crippen MR) is 109 cm³/mol. The normalized spacial score (nSPS) is 16.4. The average Bonchev–Trinajstić information content (AvgIpc) is 3.12. The summed E-state index contributed by atoms with van der Waals surface area (Å²) >= 11 is 0. The van der Waals surface area contributed by atoms with Crippen molar-refractivity contribution >= 4 is 33.1 Å². The number of anilines is 2. The molecule has 2 aromatic rings. The third kappa shape index (κ3) is 3.65. The van der Waals surface area contributed by atoms with Crippen LogP contribution in [0, 0.1) is 5.92 Å². The molecule has 152 valence electrons. The van der Waals surface area contributed by atoms with E-state index in [1.165, 1.54) is 6.07 Å². The number of amides is 1. The van der Waals surface area contributed by atoms with Crippen molar-refractivity contribution in [2.75, 3.05) is 23.6 Å². The molecule has 9 heteroatoms. The van der Waals surface area contributed by atoms with Gasteiger partial charge in [0.05, 0.1) is 5.69 Å². The molecule has 0 radical (unpaired) electrons. The van der Waals surface area contributed by atoms with E-state index in [-0.39, 0.29) is 17.3 Å². The smallest absolute Gasteiger partial charge is 0.286 e. The molecular formula is C20H21N3O5S. The van der Waals surface area contributed by atoms with Gasteiger partial charge in [0.2, 0.25) is 6.79 Å². The molecule has 2 aliphatic rings. The molecule has 1 amide bonds. The van der Waals surface area contributed by atoms with E-state index in [2.05, 4.69) is 9.71 Å². The molecule has 1 N–H and O–H groups in total. The SMILES string of the molecule is CC1=NS(=O)(=O)c2cc(C(=O)Nc3ccc4c(c3)OCO4)ccc2N1CC(C)C. The lowest BCUT2D eigenvalue weighted by Gasteiger charge is -2.30. The first-order valence-corrected chi connectivity index (χ1v) is 10.6. The topological polar surface area (TPSA) is 97.3 Å². The molecule has 0 unspecified atom stereocenters. The number of benzene rings is 2. The highest BCUT2D eigenvalue weighted by Crippen LogP contribution is 2.35. The molecule has 0 saturated heterocycles. The molecule has 2 aliphatic heterocycles. The quantitative estimate of drug-likeness (QED) is 0.823. The number of hydrogen-bond donors (Lipinski definition) is 1. The van der Waals surface area contributed by atoms with E-state index in [1.54, 1.807) is 37.3 Å². The van der Waals surface area contributed by atoms with Crippen LogP contribution in [0.3, 0.4) is 0 Å². The van der Waals surface area contributed by atoms with E-state index in [4.69, 9.17) is 9.47 Å². The number of hydrogen-bond acceptors (Lipinski definition) is 6. The van der Waals surface area contributed by atoms with Crippen LogP contribution >= 0.6 is 0 Å². The third-order valence-corrected chi connectivity index (χ3v) is 6.00. The van der Waals surface area contributed by atoms with Crippen LogP contribution in [0.1, 0.15) is 31.1 Å². The van der Waals surface area contributed by atoms with Gasteiger partial charge >= 0.3 is 0 Å². The Labute approximate surface area is 169 Å². The Kier molecular flexibility index (Phi) is 4.70. The highest BCUT2D eigenvalue weighted by atomic mass is 32.2. The summed E-state index contributed by atoms with van der Waals surface area (Å²) in [5.41, 5.74) is 1.28. The fourth-order valence-electron chi connectivity index (χ4n) is 3.30. The van der Waals surface area contributed by atoms with Crippen molar-refractivity contribution in [2.45, 2.75) is 25.7 Å². The van der Waals surface area contributed by atoms with E-state index >= 15 is 0 Å². The molecule has 2 aromatic carbocycles. The molecule has 0 aliphatic carbocycles. The van der Waals surface area contributed by atoms with Gasteiger partial charge in [-0.25, -0.2) is 0 Å². The van der Waals surface area contributed by atoms with Gasteiger partial charge in [-0.15, -0.1) is 4.40 Å². The largest absolute Gasteiger partial charge is 0.454 e. The number of amidine groups is 1. The summed E-state index contributed by atoms with van der Waals surface area (Å²) in [7, 11) is -3.87. The molecule has 0 aromatic heterocycles. The molecule has 4 rings (SSSR count). The lowest BCUT2D eigenvalue weighted by Crippen LogP contribution is -2.36. The third-order valence-electron chi connectivity index (χ3n) is 4.61. The highest BCUT2D eigenvalue weighted by Gasteiger charge is 2.30. The van der Waals surface area contributed by atoms with E-state index < -0.39 is 15.9 Å². The number of carbonyl (C=O) groups is 1. The van der Waals surface area contributed by atoms with Gasteiger partial charge in [-0.2, -0.15) is 8.42 Å². The first-order chi connectivity index (χ1) is 13.7. The molecule has 8 nitrogen and oxygen atoms in total. The monoisotopic (exact) mass is 415 g/mol. The summed E-state index contributed by atoms with van der Waals surface area (Å²) in [6.45, 7) is 6.53. The van der Waals surface area contributed by atoms with Crippen molar-refractivity contribution in [1.82, 2.24) is 0 Å². The fourth-order valence-corrected chi connectivity index (χ4v) is 4.57. The minimum Gasteiger partial charge on any atom is -0.454 e. The second-order valence-corrected chi connectivity index (χ2v) is 8.90. The molecule has 0 atom stereocenters. The maximum absolute atomic E-state index is 12.7. The van der Waals surface area contributed by atoms with Gasteiger partial charge in [0, 0.05) is 23.9 Å². The highest BCUT2D eigenvalue weighted by molar-refractivity contribution is 7.90. The molecule has 0 spiro atoms. The lowest BCUT2D eigenvalue weighted by molar-refractivity contribution is 0.102. The minimum atomic E-state index is -3.87. The Balaban J connectivity index is 1.64. The van der Waals surface area contributed by atoms with Crippen LogP contribution in [0.5, 0.6) is 11.5 Å². The predicted octanol–water partition coefficient (Wildman–Crippen LogP) is 3.25. The van der Waals surface area contributed by atoms with Gasteiger partial charge in [0.1, 0.15) is 10.7 Å². The number of sulfonamides is 1. The van der Waals surface area contributed by atoms with Gasteiger partial charge < -0.3 is 19.7 Å². The van der Waals surface area contributed by atoms with Crippen molar-refractivity contribution in [3.8, 4) is 11.5 Å². The van der Waals surface area contributed by atoms with Crippen LogP contribution in [-0.2, 0) is 10.0 Å². The van der Waals surface area contributed by atoms with Crippen LogP contribution in [-0.4, -0.2) is 33.5 Å². The second kappa shape index (κ2) is 7.07. The van der Waals surface area contributed by atoms with Crippen LogP contribution in [0.25, 0.3) is 0 Å². The van der Waals surface area contributed by atoms with Crippen molar-refractivity contribution in [3.63, 3.8) is 0 Å². The first-order valence-electron chi connectivity index (χ1n) is 9.19. The van der Waals surface area contributed by atoms with Crippen molar-refractivity contribution in [1.29, 1.82) is 0 Å². The van der Waals surface area contributed by atoms with Gasteiger partial charge in [-0.1, -0.05) is 13.8 Å². The Bertz CT molecular complexity index is 1120. The summed E-state index contributed by atoms with van der Waals surface area (Å²) in [6, 6.07) is 9.70. The number of rotatable bonds is 4.